The molecule has 0 N–H and O–H groups in total. The minimum Gasteiger partial charge on any atom is -0.344 e. The summed E-state index contributed by atoms with van der Waals surface area (Å²) in [6, 6.07) is 52.3. The first-order chi connectivity index (χ1) is 24.8. The predicted octanol–water partition coefficient (Wildman–Crippen LogP) is 12.6. The lowest BCUT2D eigenvalue weighted by atomic mass is 9.65. The van der Waals surface area contributed by atoms with Gasteiger partial charge in [-0.25, -0.2) is 0 Å². The summed E-state index contributed by atoms with van der Waals surface area (Å²) in [6.07, 6.45) is 9.37. The van der Waals surface area contributed by atoms with Crippen LogP contribution in [0.2, 0.25) is 5.02 Å². The number of benzene rings is 6. The Morgan fingerprint density at radius 1 is 0.745 bits per heavy atom. The molecule has 0 aliphatic carbocycles. The molecule has 0 amide bonds. The molecule has 6 aromatic carbocycles. The number of anilines is 1. The van der Waals surface area contributed by atoms with E-state index in [1.165, 1.54) is 55.5 Å². The van der Waals surface area contributed by atoms with Gasteiger partial charge < -0.3 is 4.90 Å². The van der Waals surface area contributed by atoms with Crippen LogP contribution in [-0.2, 0) is 30.1 Å². The first-order valence-electron chi connectivity index (χ1n) is 18.1. The van der Waals surface area contributed by atoms with Crippen molar-refractivity contribution in [1.29, 1.82) is 0 Å². The topological polar surface area (TPSA) is 3.24 Å². The molecule has 0 aromatic heterocycles. The molecule has 0 bridgehead atoms. The van der Waals surface area contributed by atoms with Crippen LogP contribution in [0.15, 0.2) is 182 Å². The van der Waals surface area contributed by atoms with Crippen LogP contribution in [0, 0.1) is 6.92 Å². The van der Waals surface area contributed by atoms with Crippen molar-refractivity contribution >= 4 is 28.1 Å². The lowest BCUT2D eigenvalue weighted by Gasteiger charge is -2.38. The third-order valence-corrected chi connectivity index (χ3v) is 11.1. The number of fused-ring (bicyclic) bond motifs is 3. The van der Waals surface area contributed by atoms with Gasteiger partial charge in [0.25, 0.3) is 0 Å². The van der Waals surface area contributed by atoms with Crippen LogP contribution in [0.25, 0.3) is 10.8 Å². The maximum Gasteiger partial charge on any atom is 0.0457 e. The van der Waals surface area contributed by atoms with Crippen LogP contribution < -0.4 is 4.90 Å². The van der Waals surface area contributed by atoms with Crippen molar-refractivity contribution in [3.05, 3.63) is 220 Å². The summed E-state index contributed by atoms with van der Waals surface area (Å²) in [5.74, 6) is 0. The SMILES string of the molecule is C=C(/C=C/C=C1/N(CC)c2ccc3ccccc3c2C1(C)Cc1ccccc1)C(Cc1ccccc1)(Cc1ccccc1)c1cc(Cl)ccc1C. The number of allylic oxidation sites excluding steroid dienone is 5. The Morgan fingerprint density at radius 2 is 1.33 bits per heavy atom. The van der Waals surface area contributed by atoms with Gasteiger partial charge in [-0.15, -0.1) is 0 Å². The molecular formula is C49H46ClN. The molecule has 2 heteroatoms. The Labute approximate surface area is 309 Å². The van der Waals surface area contributed by atoms with Gasteiger partial charge in [-0.2, -0.15) is 0 Å². The third-order valence-electron chi connectivity index (χ3n) is 10.9. The molecule has 1 nitrogen and oxygen atoms in total. The molecule has 0 spiro atoms. The van der Waals surface area contributed by atoms with E-state index in [0.29, 0.717) is 0 Å². The Kier molecular flexibility index (Phi) is 9.85. The summed E-state index contributed by atoms with van der Waals surface area (Å²) in [5.41, 5.74) is 10.7. The van der Waals surface area contributed by atoms with Gasteiger partial charge in [0, 0.05) is 33.8 Å². The Balaban J connectivity index is 1.37. The van der Waals surface area contributed by atoms with E-state index in [0.717, 1.165) is 36.4 Å². The average molecular weight is 684 g/mol. The maximum absolute atomic E-state index is 6.78. The van der Waals surface area contributed by atoms with Crippen LogP contribution in [0.1, 0.15) is 47.2 Å². The zero-order valence-corrected chi connectivity index (χ0v) is 30.7. The van der Waals surface area contributed by atoms with E-state index in [-0.39, 0.29) is 5.41 Å². The fraction of sp³-hybridized carbons (Fsp3) is 0.184. The van der Waals surface area contributed by atoms with Gasteiger partial charge in [-0.3, -0.25) is 0 Å². The highest BCUT2D eigenvalue weighted by atomic mass is 35.5. The minimum atomic E-state index is -0.431. The monoisotopic (exact) mass is 683 g/mol. The summed E-state index contributed by atoms with van der Waals surface area (Å²) < 4.78 is 0. The molecule has 1 aliphatic rings. The van der Waals surface area contributed by atoms with Gasteiger partial charge in [0.1, 0.15) is 0 Å². The van der Waals surface area contributed by atoms with Crippen molar-refractivity contribution in [2.45, 2.75) is 50.9 Å². The fourth-order valence-corrected chi connectivity index (χ4v) is 8.66. The number of hydrogen-bond acceptors (Lipinski definition) is 1. The van der Waals surface area contributed by atoms with Gasteiger partial charge in [-0.1, -0.05) is 158 Å². The molecule has 1 heterocycles. The van der Waals surface area contributed by atoms with E-state index in [2.05, 4.69) is 183 Å². The van der Waals surface area contributed by atoms with Crippen molar-refractivity contribution in [1.82, 2.24) is 0 Å². The Morgan fingerprint density at radius 3 is 1.96 bits per heavy atom. The lowest BCUT2D eigenvalue weighted by Crippen LogP contribution is -2.34. The van der Waals surface area contributed by atoms with E-state index in [1.54, 1.807) is 0 Å². The number of hydrogen-bond donors (Lipinski definition) is 0. The quantitative estimate of drug-likeness (QED) is 0.123. The number of rotatable bonds is 11. The van der Waals surface area contributed by atoms with Gasteiger partial charge >= 0.3 is 0 Å². The normalized spacial score (nSPS) is 16.6. The van der Waals surface area contributed by atoms with Crippen molar-refractivity contribution in [3.63, 3.8) is 0 Å². The predicted molar refractivity (Wildman–Crippen MR) is 219 cm³/mol. The highest BCUT2D eigenvalue weighted by Crippen LogP contribution is 2.52. The molecule has 1 unspecified atom stereocenters. The Bertz CT molecular complexity index is 2170. The van der Waals surface area contributed by atoms with Gasteiger partial charge in [0.05, 0.1) is 0 Å². The van der Waals surface area contributed by atoms with Gasteiger partial charge in [-0.05, 0) is 114 Å². The molecule has 1 aliphatic heterocycles. The second kappa shape index (κ2) is 14.6. The molecule has 0 saturated heterocycles. The van der Waals surface area contributed by atoms with Crippen LogP contribution in [0.5, 0.6) is 0 Å². The van der Waals surface area contributed by atoms with Gasteiger partial charge in [0.15, 0.2) is 0 Å². The van der Waals surface area contributed by atoms with Crippen molar-refractivity contribution in [2.75, 3.05) is 11.4 Å². The molecule has 51 heavy (non-hydrogen) atoms. The molecule has 0 saturated carbocycles. The van der Waals surface area contributed by atoms with E-state index in [4.69, 9.17) is 18.2 Å². The first-order valence-corrected chi connectivity index (χ1v) is 18.5. The van der Waals surface area contributed by atoms with E-state index < -0.39 is 5.41 Å². The van der Waals surface area contributed by atoms with Crippen LogP contribution in [0.4, 0.5) is 5.69 Å². The third kappa shape index (κ3) is 6.72. The zero-order chi connectivity index (χ0) is 35.4. The minimum absolute atomic E-state index is 0.242. The molecule has 0 radical (unpaired) electrons. The smallest absolute Gasteiger partial charge is 0.0457 e. The molecule has 1 atom stereocenters. The van der Waals surface area contributed by atoms with E-state index in [9.17, 15) is 0 Å². The molecular weight excluding hydrogens is 638 g/mol. The summed E-state index contributed by atoms with van der Waals surface area (Å²) >= 11 is 6.78. The second-order valence-corrected chi connectivity index (χ2v) is 14.7. The average Bonchev–Trinajstić information content (AvgIpc) is 3.40. The summed E-state index contributed by atoms with van der Waals surface area (Å²) in [5, 5.41) is 3.34. The van der Waals surface area contributed by atoms with Crippen LogP contribution in [-0.4, -0.2) is 6.54 Å². The summed E-state index contributed by atoms with van der Waals surface area (Å²) in [4.78, 5) is 2.51. The largest absolute Gasteiger partial charge is 0.344 e. The summed E-state index contributed by atoms with van der Waals surface area (Å²) in [6.45, 7) is 12.6. The van der Waals surface area contributed by atoms with Crippen molar-refractivity contribution < 1.29 is 0 Å². The Hall–Kier alpha value is -5.11. The van der Waals surface area contributed by atoms with Gasteiger partial charge in [0.2, 0.25) is 0 Å². The van der Waals surface area contributed by atoms with Crippen molar-refractivity contribution in [2.24, 2.45) is 0 Å². The van der Waals surface area contributed by atoms with E-state index >= 15 is 0 Å². The number of halogens is 1. The number of likely N-dealkylation sites (N-methyl/N-ethyl adjacent to an activating group) is 1. The molecule has 6 aromatic rings. The second-order valence-electron chi connectivity index (χ2n) is 14.2. The molecule has 254 valence electrons. The number of nitrogens with zero attached hydrogens (tertiary/aromatic N) is 1. The molecule has 0 fully saturated rings. The lowest BCUT2D eigenvalue weighted by molar-refractivity contribution is 0.504. The van der Waals surface area contributed by atoms with Crippen LogP contribution in [0.3, 0.4) is 0 Å². The van der Waals surface area contributed by atoms with E-state index in [1.807, 2.05) is 6.07 Å². The molecule has 7 rings (SSSR count). The fourth-order valence-electron chi connectivity index (χ4n) is 8.48. The number of aryl methyl sites for hydroxylation is 1. The van der Waals surface area contributed by atoms with Crippen LogP contribution >= 0.6 is 11.6 Å². The van der Waals surface area contributed by atoms with Crippen molar-refractivity contribution in [3.8, 4) is 0 Å². The standard InChI is InChI=1S/C49H46ClN/c1-5-51-45-31-29-41-25-15-16-26-43(41)47(45)48(4,33-38-19-9-6-10-20-38)46(51)27-17-18-37(3)49(34-39-21-11-7-12-22-39,35-40-23-13-8-14-24-40)44-32-42(50)30-28-36(44)2/h6-32H,3,5,33-35H2,1-2,4H3/b18-17+,46-27+. The highest BCUT2D eigenvalue weighted by molar-refractivity contribution is 6.30. The maximum atomic E-state index is 6.78. The zero-order valence-electron chi connectivity index (χ0n) is 29.9. The highest BCUT2D eigenvalue weighted by Gasteiger charge is 2.44. The first kappa shape index (κ1) is 34.3. The summed E-state index contributed by atoms with van der Waals surface area (Å²) in [7, 11) is 0.